The zero-order valence-corrected chi connectivity index (χ0v) is 12.0. The van der Waals surface area contributed by atoms with Crippen LogP contribution in [0.15, 0.2) is 24.5 Å². The summed E-state index contributed by atoms with van der Waals surface area (Å²) >= 11 is 0. The smallest absolute Gasteiger partial charge is 0.0325 e. The number of hydrogen-bond donors (Lipinski definition) is 1. The predicted octanol–water partition coefficient (Wildman–Crippen LogP) is 2.61. The lowest BCUT2D eigenvalue weighted by molar-refractivity contribution is 0.0580. The molecule has 1 aromatic heterocycles. The van der Waals surface area contributed by atoms with E-state index in [4.69, 9.17) is 0 Å². The number of hydrogen-bond acceptors (Lipinski definition) is 3. The van der Waals surface area contributed by atoms with E-state index in [9.17, 15) is 0 Å². The van der Waals surface area contributed by atoms with Crippen LogP contribution >= 0.6 is 0 Å². The molecule has 0 saturated carbocycles. The molecule has 18 heavy (non-hydrogen) atoms. The Morgan fingerprint density at radius 1 is 1.44 bits per heavy atom. The lowest BCUT2D eigenvalue weighted by Gasteiger charge is -2.47. The standard InChI is InChI=1S/C15H25N3/c1-5-14-10-17-15(3,4)11-18(14)12(2)13-6-8-16-9-7-13/h6-9,12,14,17H,5,10-11H2,1-4H3. The van der Waals surface area contributed by atoms with E-state index < -0.39 is 0 Å². The van der Waals surface area contributed by atoms with E-state index in [1.807, 2.05) is 12.4 Å². The van der Waals surface area contributed by atoms with Crippen LogP contribution in [0.1, 0.15) is 45.7 Å². The van der Waals surface area contributed by atoms with Gasteiger partial charge in [0.05, 0.1) is 0 Å². The third-order valence-corrected chi connectivity index (χ3v) is 4.02. The highest BCUT2D eigenvalue weighted by atomic mass is 15.3. The van der Waals surface area contributed by atoms with Gasteiger partial charge in [-0.1, -0.05) is 6.92 Å². The van der Waals surface area contributed by atoms with E-state index in [1.165, 1.54) is 12.0 Å². The van der Waals surface area contributed by atoms with Gasteiger partial charge in [0.1, 0.15) is 0 Å². The summed E-state index contributed by atoms with van der Waals surface area (Å²) in [4.78, 5) is 6.74. The van der Waals surface area contributed by atoms with Gasteiger partial charge in [-0.2, -0.15) is 0 Å². The molecule has 2 unspecified atom stereocenters. The van der Waals surface area contributed by atoms with Crippen molar-refractivity contribution in [2.45, 2.75) is 51.7 Å². The van der Waals surface area contributed by atoms with Crippen LogP contribution in [-0.4, -0.2) is 34.6 Å². The number of nitrogens with zero attached hydrogens (tertiary/aromatic N) is 2. The van der Waals surface area contributed by atoms with Crippen LogP contribution in [0.5, 0.6) is 0 Å². The van der Waals surface area contributed by atoms with Crippen molar-refractivity contribution in [1.82, 2.24) is 15.2 Å². The largest absolute Gasteiger partial charge is 0.309 e. The number of rotatable bonds is 3. The van der Waals surface area contributed by atoms with Crippen LogP contribution in [0, 0.1) is 0 Å². The van der Waals surface area contributed by atoms with E-state index >= 15 is 0 Å². The Morgan fingerprint density at radius 3 is 2.72 bits per heavy atom. The molecule has 3 heteroatoms. The van der Waals surface area contributed by atoms with E-state index in [-0.39, 0.29) is 5.54 Å². The molecule has 1 aliphatic heterocycles. The summed E-state index contributed by atoms with van der Waals surface area (Å²) in [6.07, 6.45) is 4.97. The van der Waals surface area contributed by atoms with Crippen LogP contribution < -0.4 is 5.32 Å². The molecule has 1 aromatic rings. The zero-order chi connectivity index (χ0) is 13.2. The Morgan fingerprint density at radius 2 is 2.11 bits per heavy atom. The van der Waals surface area contributed by atoms with Crippen LogP contribution in [0.25, 0.3) is 0 Å². The van der Waals surface area contributed by atoms with Crippen LogP contribution in [0.3, 0.4) is 0 Å². The van der Waals surface area contributed by atoms with Crippen molar-refractivity contribution in [1.29, 1.82) is 0 Å². The second-order valence-corrected chi connectivity index (χ2v) is 5.96. The van der Waals surface area contributed by atoms with E-state index in [0.29, 0.717) is 12.1 Å². The fourth-order valence-corrected chi connectivity index (χ4v) is 2.82. The molecule has 1 saturated heterocycles. The van der Waals surface area contributed by atoms with Gasteiger partial charge in [-0.15, -0.1) is 0 Å². The van der Waals surface area contributed by atoms with Crippen molar-refractivity contribution in [3.05, 3.63) is 30.1 Å². The van der Waals surface area contributed by atoms with E-state index in [0.717, 1.165) is 13.1 Å². The van der Waals surface area contributed by atoms with Crippen molar-refractivity contribution >= 4 is 0 Å². The maximum absolute atomic E-state index is 4.11. The number of nitrogens with one attached hydrogen (secondary N) is 1. The first-order chi connectivity index (χ1) is 8.53. The molecule has 100 valence electrons. The van der Waals surface area contributed by atoms with Gasteiger partial charge in [-0.05, 0) is 44.9 Å². The summed E-state index contributed by atoms with van der Waals surface area (Å²) in [6, 6.07) is 5.35. The summed E-state index contributed by atoms with van der Waals surface area (Å²) in [6.45, 7) is 11.3. The van der Waals surface area contributed by atoms with Crippen LogP contribution in [0.2, 0.25) is 0 Å². The van der Waals surface area contributed by atoms with Gasteiger partial charge in [0.15, 0.2) is 0 Å². The minimum absolute atomic E-state index is 0.201. The molecular weight excluding hydrogens is 222 g/mol. The monoisotopic (exact) mass is 247 g/mol. The average molecular weight is 247 g/mol. The Bertz CT molecular complexity index is 375. The topological polar surface area (TPSA) is 28.2 Å². The Hall–Kier alpha value is -0.930. The van der Waals surface area contributed by atoms with Crippen LogP contribution in [0.4, 0.5) is 0 Å². The predicted molar refractivity (Wildman–Crippen MR) is 75.5 cm³/mol. The number of piperazine rings is 1. The zero-order valence-electron chi connectivity index (χ0n) is 12.0. The molecule has 0 radical (unpaired) electrons. The lowest BCUT2D eigenvalue weighted by Crippen LogP contribution is -2.61. The van der Waals surface area contributed by atoms with Crippen molar-refractivity contribution in [2.24, 2.45) is 0 Å². The second-order valence-electron chi connectivity index (χ2n) is 5.96. The molecule has 2 rings (SSSR count). The molecule has 1 N–H and O–H groups in total. The van der Waals surface area contributed by atoms with E-state index in [1.54, 1.807) is 0 Å². The molecule has 2 atom stereocenters. The maximum Gasteiger partial charge on any atom is 0.0325 e. The summed E-state index contributed by atoms with van der Waals surface area (Å²) in [5.74, 6) is 0. The fourth-order valence-electron chi connectivity index (χ4n) is 2.82. The Balaban J connectivity index is 2.18. The average Bonchev–Trinajstić information content (AvgIpc) is 2.38. The molecule has 1 aliphatic rings. The van der Waals surface area contributed by atoms with Crippen molar-refractivity contribution in [2.75, 3.05) is 13.1 Å². The molecule has 2 heterocycles. The van der Waals surface area contributed by atoms with Gasteiger partial charge in [0.2, 0.25) is 0 Å². The first kappa shape index (κ1) is 13.5. The second kappa shape index (κ2) is 5.37. The van der Waals surface area contributed by atoms with Gasteiger partial charge < -0.3 is 5.32 Å². The molecule has 0 aliphatic carbocycles. The molecular formula is C15H25N3. The fraction of sp³-hybridized carbons (Fsp3) is 0.667. The minimum Gasteiger partial charge on any atom is -0.309 e. The van der Waals surface area contributed by atoms with Crippen LogP contribution in [-0.2, 0) is 0 Å². The highest BCUT2D eigenvalue weighted by Gasteiger charge is 2.34. The SMILES string of the molecule is CCC1CNC(C)(C)CN1C(C)c1ccncc1. The summed E-state index contributed by atoms with van der Waals surface area (Å²) in [5.41, 5.74) is 1.56. The van der Waals surface area contributed by atoms with Crippen molar-refractivity contribution in [3.63, 3.8) is 0 Å². The number of pyridine rings is 1. The third-order valence-electron chi connectivity index (χ3n) is 4.02. The quantitative estimate of drug-likeness (QED) is 0.890. The first-order valence-electron chi connectivity index (χ1n) is 6.94. The van der Waals surface area contributed by atoms with Crippen molar-refractivity contribution < 1.29 is 0 Å². The maximum atomic E-state index is 4.11. The number of aromatic nitrogens is 1. The molecule has 0 aromatic carbocycles. The van der Waals surface area contributed by atoms with Crippen molar-refractivity contribution in [3.8, 4) is 0 Å². The van der Waals surface area contributed by atoms with E-state index in [2.05, 4.69) is 55.0 Å². The summed E-state index contributed by atoms with van der Waals surface area (Å²) in [5, 5.41) is 3.64. The molecule has 1 fully saturated rings. The molecule has 3 nitrogen and oxygen atoms in total. The first-order valence-corrected chi connectivity index (χ1v) is 6.94. The molecule has 0 spiro atoms. The minimum atomic E-state index is 0.201. The Kier molecular flexibility index (Phi) is 4.03. The van der Waals surface area contributed by atoms with Gasteiger partial charge >= 0.3 is 0 Å². The molecule has 0 amide bonds. The molecule has 0 bridgehead atoms. The third kappa shape index (κ3) is 2.90. The normalized spacial score (nSPS) is 25.9. The Labute approximate surface area is 111 Å². The highest BCUT2D eigenvalue weighted by molar-refractivity contribution is 5.15. The van der Waals surface area contributed by atoms with Gasteiger partial charge in [0, 0.05) is 43.1 Å². The summed E-state index contributed by atoms with van der Waals surface area (Å²) in [7, 11) is 0. The lowest BCUT2D eigenvalue weighted by atomic mass is 9.94. The van der Waals surface area contributed by atoms with Gasteiger partial charge in [-0.25, -0.2) is 0 Å². The van der Waals surface area contributed by atoms with Gasteiger partial charge in [-0.3, -0.25) is 9.88 Å². The highest BCUT2D eigenvalue weighted by Crippen LogP contribution is 2.27. The van der Waals surface area contributed by atoms with Gasteiger partial charge in [0.25, 0.3) is 0 Å². The summed E-state index contributed by atoms with van der Waals surface area (Å²) < 4.78 is 0.